The van der Waals surface area contributed by atoms with E-state index in [0.717, 1.165) is 38.7 Å². The molecule has 4 aromatic heterocycles. The molecule has 127 heavy (non-hydrogen) atoms. The standard InChI is InChI=1S/C22H32FN5O4S.C22H33N5O4S.C21H30FN5O4S.C19H26FN5O4S/c1-8-28(9-2)21(29)18-12-19(25-27(18)7)33(31,32)26-22(30)24-20-16(13(3)4)10-15(23)11-17(20)14(5)6;1-13(2)16-10-9-11-17(14(3)4)20(16)23-22(29)25-32(30,31)19-12-18(27(8)24-19)21(28)26(7)15(5)6;1-8-26(6)20(28)17-11-18(24-27(17)7)32(30,31)25-21(29)23-19-15(12(2)3)9-14(22)10-16(19)13(4)5;1-10(2)13-7-12(20)8-14(11(3)4)17(13)22-19(27)24-30(28,29)16-9-15(18(26)21-5)25(6)23-16/h10-14H,8-9H2,1-7H3,(H2,24,26,30);9-15H,1-8H3,(H2,23,25,29);9-13H,8H2,1-7H3,(H2,23,25,29);7-11H,1-6H3,(H,21,26)(H2,22,24,27). The van der Waals surface area contributed by atoms with E-state index < -0.39 is 114 Å². The Labute approximate surface area is 742 Å². The van der Waals surface area contributed by atoms with Crippen LogP contribution < -0.4 is 45.5 Å². The second kappa shape index (κ2) is 44.1. The lowest BCUT2D eigenvalue weighted by Gasteiger charge is -2.21. The summed E-state index contributed by atoms with van der Waals surface area (Å²) in [4.78, 5) is 104. The van der Waals surface area contributed by atoms with Gasteiger partial charge < -0.3 is 41.3 Å². The van der Waals surface area contributed by atoms with Crippen molar-refractivity contribution in [1.29, 1.82) is 0 Å². The van der Waals surface area contributed by atoms with Gasteiger partial charge in [-0.2, -0.15) is 54.1 Å². The molecule has 0 saturated carbocycles. The molecule has 8 rings (SSSR count). The van der Waals surface area contributed by atoms with Gasteiger partial charge in [0, 0.05) is 122 Å². The lowest BCUT2D eigenvalue weighted by molar-refractivity contribution is 0.0740. The van der Waals surface area contributed by atoms with Crippen molar-refractivity contribution in [2.75, 3.05) is 62.0 Å². The number of anilines is 4. The van der Waals surface area contributed by atoms with E-state index in [0.29, 0.717) is 75.8 Å². The third kappa shape index (κ3) is 27.2. The van der Waals surface area contributed by atoms with E-state index in [-0.39, 0.29) is 88.0 Å². The highest BCUT2D eigenvalue weighted by molar-refractivity contribution is 7.90. The monoisotopic (exact) mass is 1850 g/mol. The zero-order valence-electron chi connectivity index (χ0n) is 77.0. The predicted octanol–water partition coefficient (Wildman–Crippen LogP) is 13.5. The summed E-state index contributed by atoms with van der Waals surface area (Å²) in [6.07, 6.45) is 0. The van der Waals surface area contributed by atoms with E-state index in [1.807, 2.05) is 176 Å². The number of nitrogens with zero attached hydrogens (tertiary/aromatic N) is 11. The quantitative estimate of drug-likeness (QED) is 0.0220. The van der Waals surface area contributed by atoms with E-state index >= 15 is 0 Å². The van der Waals surface area contributed by atoms with Gasteiger partial charge in [0.15, 0.2) is 20.1 Å². The second-order valence-electron chi connectivity index (χ2n) is 32.5. The van der Waals surface area contributed by atoms with Crippen LogP contribution in [0.1, 0.15) is 279 Å². The predicted molar refractivity (Wildman–Crippen MR) is 479 cm³/mol. The van der Waals surface area contributed by atoms with Gasteiger partial charge in [-0.15, -0.1) is 0 Å². The summed E-state index contributed by atoms with van der Waals surface area (Å²) >= 11 is 0. The fourth-order valence-corrected chi connectivity index (χ4v) is 16.3. The Bertz CT molecular complexity index is 5740. The van der Waals surface area contributed by atoms with Gasteiger partial charge in [-0.3, -0.25) is 37.9 Å². The Morgan fingerprint density at radius 3 is 0.803 bits per heavy atom. The molecule has 4 heterocycles. The fourth-order valence-electron chi connectivity index (χ4n) is 12.7. The Hall–Kier alpha value is -11.7. The van der Waals surface area contributed by atoms with Crippen LogP contribution in [0.5, 0.6) is 0 Å². The molecule has 0 aliphatic carbocycles. The van der Waals surface area contributed by atoms with Crippen molar-refractivity contribution < 1.29 is 85.2 Å². The van der Waals surface area contributed by atoms with Crippen LogP contribution in [0, 0.1) is 17.5 Å². The van der Waals surface area contributed by atoms with Crippen LogP contribution >= 0.6 is 0 Å². The van der Waals surface area contributed by atoms with Gasteiger partial charge in [0.2, 0.25) is 0 Å². The molecule has 0 fully saturated rings. The molecule has 0 aliphatic rings. The van der Waals surface area contributed by atoms with Crippen LogP contribution in [-0.4, -0.2) is 182 Å². The average molecular weight is 1850 g/mol. The molecule has 0 atom stereocenters. The van der Waals surface area contributed by atoms with E-state index in [2.05, 4.69) is 47.0 Å². The van der Waals surface area contributed by atoms with Crippen LogP contribution in [-0.2, 0) is 68.3 Å². The molecule has 0 spiro atoms. The number of carbonyl (C=O) groups excluding carboxylic acids is 8. The summed E-state index contributed by atoms with van der Waals surface area (Å²) in [5.41, 5.74) is 7.08. The van der Waals surface area contributed by atoms with Gasteiger partial charge in [0.1, 0.15) is 40.2 Å². The lowest BCUT2D eigenvalue weighted by Crippen LogP contribution is -2.35. The molecule has 43 heteroatoms. The Balaban J connectivity index is 0.000000300. The summed E-state index contributed by atoms with van der Waals surface area (Å²) < 4.78 is 156. The second-order valence-corrected chi connectivity index (χ2v) is 39.0. The number of sulfonamides is 4. The molecule has 4 aromatic carbocycles. The molecule has 12 amide bonds. The Morgan fingerprint density at radius 1 is 0.346 bits per heavy atom. The molecule has 36 nitrogen and oxygen atoms in total. The number of nitrogens with one attached hydrogen (secondary N) is 9. The first kappa shape index (κ1) is 106. The first-order valence-corrected chi connectivity index (χ1v) is 46.8. The maximum atomic E-state index is 14.1. The van der Waals surface area contributed by atoms with Crippen LogP contribution in [0.3, 0.4) is 0 Å². The van der Waals surface area contributed by atoms with E-state index in [4.69, 9.17) is 0 Å². The van der Waals surface area contributed by atoms with Gasteiger partial charge in [-0.1, -0.05) is 129 Å². The molecular weight excluding hydrogens is 1730 g/mol. The number of urea groups is 4. The smallest absolute Gasteiger partial charge is 0.333 e. The van der Waals surface area contributed by atoms with Gasteiger partial charge in [0.25, 0.3) is 63.7 Å². The third-order valence-electron chi connectivity index (χ3n) is 20.1. The van der Waals surface area contributed by atoms with Crippen LogP contribution in [0.25, 0.3) is 0 Å². The Kier molecular flexibility index (Phi) is 36.8. The highest BCUT2D eigenvalue weighted by Crippen LogP contribution is 2.38. The number of hydrogen-bond donors (Lipinski definition) is 9. The van der Waals surface area contributed by atoms with Gasteiger partial charge in [-0.05, 0) is 163 Å². The molecule has 9 N–H and O–H groups in total. The number of rotatable bonds is 28. The summed E-state index contributed by atoms with van der Waals surface area (Å²) in [7, 11) is -6.97. The fraction of sp³-hybridized carbons (Fsp3) is 0.476. The highest BCUT2D eigenvalue weighted by Gasteiger charge is 2.33. The summed E-state index contributed by atoms with van der Waals surface area (Å²) in [6, 6.07) is 14.1. The minimum atomic E-state index is -4.37. The van der Waals surface area contributed by atoms with Crippen molar-refractivity contribution in [1.82, 2.24) is 78.0 Å². The molecular formula is C84H121F3N20O16S4. The van der Waals surface area contributed by atoms with Crippen LogP contribution in [0.4, 0.5) is 55.1 Å². The normalized spacial score (nSPS) is 11.7. The number of halogens is 3. The molecule has 0 radical (unpaired) electrons. The van der Waals surface area contributed by atoms with Crippen LogP contribution in [0.15, 0.2) is 99.0 Å². The number of hydrogen-bond acceptors (Lipinski definition) is 20. The first-order valence-electron chi connectivity index (χ1n) is 40.9. The topological polar surface area (TPSA) is 462 Å². The van der Waals surface area contributed by atoms with Gasteiger partial charge >= 0.3 is 24.1 Å². The number of para-hydroxylation sites is 1. The average Bonchev–Trinajstić information content (AvgIpc) is 1.77. The molecule has 698 valence electrons. The number of carbonyl (C=O) groups is 8. The van der Waals surface area contributed by atoms with Crippen molar-refractivity contribution in [2.45, 2.75) is 219 Å². The number of aryl methyl sites for hydroxylation is 4. The third-order valence-corrected chi connectivity index (χ3v) is 24.9. The zero-order valence-corrected chi connectivity index (χ0v) is 80.3. The first-order chi connectivity index (χ1) is 58.7. The molecule has 0 bridgehead atoms. The van der Waals surface area contributed by atoms with E-state index in [1.54, 1.807) is 21.0 Å². The summed E-state index contributed by atoms with van der Waals surface area (Å²) in [5.74, 6) is -3.39. The summed E-state index contributed by atoms with van der Waals surface area (Å²) in [5, 5.41) is 26.5. The zero-order chi connectivity index (χ0) is 96.6. The van der Waals surface area contributed by atoms with Crippen molar-refractivity contribution in [2.24, 2.45) is 28.2 Å². The van der Waals surface area contributed by atoms with Gasteiger partial charge in [0.05, 0.1) is 0 Å². The maximum Gasteiger partial charge on any atom is 0.333 e. The SMILES string of the molecule is CC(C)c1cccc(C(C)C)c1NC(=O)NS(=O)(=O)c1cc(C(=O)N(C)C(C)C)n(C)n1.CCN(C)C(=O)c1cc(S(=O)(=O)NC(=O)Nc2c(C(C)C)cc(F)cc2C(C)C)nn1C.CCN(CC)C(=O)c1cc(S(=O)(=O)NC(=O)Nc2c(C(C)C)cc(F)cc2C(C)C)nn1C.CNC(=O)c1cc(S(=O)(=O)NC(=O)Nc2c(C(C)C)cc(F)cc2C(C)C)nn1C. The highest BCUT2D eigenvalue weighted by atomic mass is 32.2. The molecule has 0 unspecified atom stereocenters. The molecule has 8 aromatic rings. The minimum absolute atomic E-state index is 0.0148. The number of amides is 12. The van der Waals surface area contributed by atoms with Crippen LogP contribution in [0.2, 0.25) is 0 Å². The van der Waals surface area contributed by atoms with Crippen molar-refractivity contribution in [3.63, 3.8) is 0 Å². The summed E-state index contributed by atoms with van der Waals surface area (Å²) in [6.45, 7) is 40.6. The maximum absolute atomic E-state index is 14.1. The number of aromatic nitrogens is 8. The Morgan fingerprint density at radius 2 is 0.575 bits per heavy atom. The van der Waals surface area contributed by atoms with Gasteiger partial charge in [-0.25, -0.2) is 51.2 Å². The molecule has 0 saturated heterocycles. The van der Waals surface area contributed by atoms with Crippen molar-refractivity contribution >= 4 is 111 Å². The molecule has 0 aliphatic heterocycles. The van der Waals surface area contributed by atoms with Crippen molar-refractivity contribution in [3.05, 3.63) is 164 Å². The largest absolute Gasteiger partial charge is 0.354 e. The number of benzene rings is 4. The minimum Gasteiger partial charge on any atom is -0.354 e. The van der Waals surface area contributed by atoms with E-state index in [1.165, 1.54) is 102 Å². The lowest BCUT2D eigenvalue weighted by atomic mass is 9.92. The van der Waals surface area contributed by atoms with Crippen molar-refractivity contribution in [3.8, 4) is 0 Å². The van der Waals surface area contributed by atoms with E-state index in [9.17, 15) is 85.2 Å².